The van der Waals surface area contributed by atoms with Crippen LogP contribution in [0.4, 0.5) is 0 Å². The monoisotopic (exact) mass is 276 g/mol. The average Bonchev–Trinajstić information content (AvgIpc) is 2.74. The van der Waals surface area contributed by atoms with E-state index in [-0.39, 0.29) is 22.5 Å². The van der Waals surface area contributed by atoms with Gasteiger partial charge in [0.2, 0.25) is 0 Å². The molecule has 0 fully saturated rings. The fraction of sp³-hybridized carbons (Fsp3) is 0.444. The number of carboxylic acids is 1. The molecule has 2 N–H and O–H groups in total. The number of carboxylic acid groups (broad SMARTS) is 1. The number of amides is 1. The number of aromatic carboxylic acids is 1. The van der Waals surface area contributed by atoms with Gasteiger partial charge in [-0.1, -0.05) is 0 Å². The summed E-state index contributed by atoms with van der Waals surface area (Å²) >= 11 is 0.966. The molecule has 0 aromatic carbocycles. The normalized spacial score (nSPS) is 14.0. The topological polar surface area (TPSA) is 96.4 Å². The van der Waals surface area contributed by atoms with E-state index < -0.39 is 22.7 Å². The predicted molar refractivity (Wildman–Crippen MR) is 64.9 cm³/mol. The van der Waals surface area contributed by atoms with Gasteiger partial charge in [0.15, 0.2) is 10.7 Å². The summed E-state index contributed by atoms with van der Waals surface area (Å²) in [7, 11) is -1.01. The maximum Gasteiger partial charge on any atom is 0.355 e. The summed E-state index contributed by atoms with van der Waals surface area (Å²) in [6.07, 6.45) is 1.56. The molecule has 0 saturated heterocycles. The van der Waals surface area contributed by atoms with E-state index in [0.717, 1.165) is 11.3 Å². The van der Waals surface area contributed by atoms with Crippen molar-refractivity contribution in [2.75, 3.05) is 12.8 Å². The van der Waals surface area contributed by atoms with Crippen molar-refractivity contribution in [1.82, 2.24) is 10.3 Å². The lowest BCUT2D eigenvalue weighted by molar-refractivity contribution is 0.0691. The Balaban J connectivity index is 2.58. The summed E-state index contributed by atoms with van der Waals surface area (Å²) in [5.41, 5.74) is -0.146. The molecule has 0 spiro atoms. The quantitative estimate of drug-likeness (QED) is 0.808. The molecule has 0 saturated carbocycles. The zero-order chi connectivity index (χ0) is 13.0. The molecular weight excluding hydrogens is 264 g/mol. The Kier molecular flexibility index (Phi) is 4.76. The minimum Gasteiger partial charge on any atom is -0.476 e. The van der Waals surface area contributed by atoms with E-state index in [1.165, 1.54) is 5.38 Å². The third kappa shape index (κ3) is 3.90. The van der Waals surface area contributed by atoms with Crippen LogP contribution in [0.5, 0.6) is 0 Å². The van der Waals surface area contributed by atoms with Crippen LogP contribution < -0.4 is 5.32 Å². The molecule has 17 heavy (non-hydrogen) atoms. The minimum atomic E-state index is -1.16. The first kappa shape index (κ1) is 13.8. The first-order valence-electron chi connectivity index (χ1n) is 4.71. The molecule has 1 amide bonds. The van der Waals surface area contributed by atoms with E-state index in [0.29, 0.717) is 0 Å². The molecule has 0 aliphatic rings. The Morgan fingerprint density at radius 1 is 1.65 bits per heavy atom. The molecular formula is C9H12N2O4S2. The standard InChI is InChI=1S/C9H12N2O4S2/c1-5(17(2)15)3-10-7(12)8-11-6(4-16-8)9(13)14/h4-5H,3H2,1-2H3,(H,10,12)(H,13,14). The SMILES string of the molecule is CC(CNC(=O)c1nc(C(=O)O)cs1)S(C)=O. The molecule has 1 heterocycles. The highest BCUT2D eigenvalue weighted by Crippen LogP contribution is 2.09. The lowest BCUT2D eigenvalue weighted by atomic mass is 10.4. The van der Waals surface area contributed by atoms with Gasteiger partial charge >= 0.3 is 5.97 Å². The van der Waals surface area contributed by atoms with Crippen LogP contribution in [0.2, 0.25) is 0 Å². The number of nitrogens with zero attached hydrogens (tertiary/aromatic N) is 1. The molecule has 1 rings (SSSR count). The number of nitrogens with one attached hydrogen (secondary N) is 1. The van der Waals surface area contributed by atoms with E-state index in [4.69, 9.17) is 5.11 Å². The maximum absolute atomic E-state index is 11.6. The molecule has 1 aromatic rings. The molecule has 1 aromatic heterocycles. The second-order valence-corrected chi connectivity index (χ2v) is 6.02. The second-order valence-electron chi connectivity index (χ2n) is 3.36. The van der Waals surface area contributed by atoms with Crippen LogP contribution in [0.25, 0.3) is 0 Å². The Morgan fingerprint density at radius 3 is 2.76 bits per heavy atom. The van der Waals surface area contributed by atoms with Gasteiger partial charge in [0, 0.05) is 34.2 Å². The van der Waals surface area contributed by atoms with E-state index in [9.17, 15) is 13.8 Å². The van der Waals surface area contributed by atoms with Crippen LogP contribution in [0.15, 0.2) is 5.38 Å². The number of thiazole rings is 1. The van der Waals surface area contributed by atoms with Gasteiger partial charge in [-0.05, 0) is 6.92 Å². The zero-order valence-electron chi connectivity index (χ0n) is 9.30. The van der Waals surface area contributed by atoms with Gasteiger partial charge in [0.25, 0.3) is 5.91 Å². The Labute approximate surface area is 105 Å². The summed E-state index contributed by atoms with van der Waals surface area (Å²) in [5.74, 6) is -1.61. The van der Waals surface area contributed by atoms with Gasteiger partial charge in [-0.25, -0.2) is 9.78 Å². The van der Waals surface area contributed by atoms with Gasteiger partial charge in [0.05, 0.1) is 0 Å². The third-order valence-electron chi connectivity index (χ3n) is 2.03. The number of hydrogen-bond donors (Lipinski definition) is 2. The van der Waals surface area contributed by atoms with Crippen LogP contribution in [-0.2, 0) is 10.8 Å². The Bertz CT molecular complexity index is 458. The van der Waals surface area contributed by atoms with E-state index in [1.807, 2.05) is 0 Å². The summed E-state index contributed by atoms with van der Waals surface area (Å²) in [4.78, 5) is 25.8. The highest BCUT2D eigenvalue weighted by molar-refractivity contribution is 7.84. The van der Waals surface area contributed by atoms with Crippen molar-refractivity contribution in [2.24, 2.45) is 0 Å². The van der Waals surface area contributed by atoms with Crippen molar-refractivity contribution in [1.29, 1.82) is 0 Å². The Morgan fingerprint density at radius 2 is 2.29 bits per heavy atom. The highest BCUT2D eigenvalue weighted by atomic mass is 32.2. The van der Waals surface area contributed by atoms with Crippen molar-refractivity contribution in [3.63, 3.8) is 0 Å². The van der Waals surface area contributed by atoms with Crippen molar-refractivity contribution in [3.05, 3.63) is 16.1 Å². The third-order valence-corrected chi connectivity index (χ3v) is 4.18. The number of carbonyl (C=O) groups is 2. The van der Waals surface area contributed by atoms with Gasteiger partial charge in [-0.3, -0.25) is 9.00 Å². The maximum atomic E-state index is 11.6. The molecule has 94 valence electrons. The van der Waals surface area contributed by atoms with E-state index in [2.05, 4.69) is 10.3 Å². The van der Waals surface area contributed by atoms with E-state index in [1.54, 1.807) is 13.2 Å². The van der Waals surface area contributed by atoms with Crippen LogP contribution in [0.1, 0.15) is 27.2 Å². The number of rotatable bonds is 5. The first-order chi connectivity index (χ1) is 7.91. The fourth-order valence-electron chi connectivity index (χ4n) is 0.906. The van der Waals surface area contributed by atoms with Crippen LogP contribution in [0.3, 0.4) is 0 Å². The molecule has 0 aliphatic carbocycles. The zero-order valence-corrected chi connectivity index (χ0v) is 10.9. The van der Waals surface area contributed by atoms with Gasteiger partial charge < -0.3 is 10.4 Å². The highest BCUT2D eigenvalue weighted by Gasteiger charge is 2.15. The molecule has 2 atom stereocenters. The first-order valence-corrected chi connectivity index (χ1v) is 7.21. The number of carbonyl (C=O) groups excluding carboxylic acids is 1. The molecule has 0 bridgehead atoms. The smallest absolute Gasteiger partial charge is 0.355 e. The lowest BCUT2D eigenvalue weighted by Gasteiger charge is -2.08. The minimum absolute atomic E-state index is 0.0940. The van der Waals surface area contributed by atoms with Crippen molar-refractivity contribution >= 4 is 34.0 Å². The molecule has 2 unspecified atom stereocenters. The summed E-state index contributed by atoms with van der Waals surface area (Å²) in [6, 6.07) is 0. The van der Waals surface area contributed by atoms with Crippen molar-refractivity contribution in [3.8, 4) is 0 Å². The number of aromatic nitrogens is 1. The molecule has 0 radical (unpaired) electrons. The fourth-order valence-corrected chi connectivity index (χ4v) is 1.93. The largest absolute Gasteiger partial charge is 0.476 e. The van der Waals surface area contributed by atoms with E-state index >= 15 is 0 Å². The summed E-state index contributed by atoms with van der Waals surface area (Å²) < 4.78 is 11.1. The van der Waals surface area contributed by atoms with Gasteiger partial charge in [0.1, 0.15) is 0 Å². The van der Waals surface area contributed by atoms with Crippen LogP contribution in [0, 0.1) is 0 Å². The van der Waals surface area contributed by atoms with Crippen molar-refractivity contribution in [2.45, 2.75) is 12.2 Å². The molecule has 8 heteroatoms. The lowest BCUT2D eigenvalue weighted by Crippen LogP contribution is -2.32. The van der Waals surface area contributed by atoms with Gasteiger partial charge in [-0.15, -0.1) is 11.3 Å². The Hall–Kier alpha value is -1.28. The second kappa shape index (κ2) is 5.87. The van der Waals surface area contributed by atoms with Crippen molar-refractivity contribution < 1.29 is 18.9 Å². The molecule has 0 aliphatic heterocycles. The van der Waals surface area contributed by atoms with Crippen LogP contribution >= 0.6 is 11.3 Å². The number of hydrogen-bond acceptors (Lipinski definition) is 5. The summed E-state index contributed by atoms with van der Waals surface area (Å²) in [5, 5.41) is 12.4. The summed E-state index contributed by atoms with van der Waals surface area (Å²) in [6.45, 7) is 2.02. The average molecular weight is 276 g/mol. The predicted octanol–water partition coefficient (Wildman–Crippen LogP) is 0.338. The van der Waals surface area contributed by atoms with Gasteiger partial charge in [-0.2, -0.15) is 0 Å². The van der Waals surface area contributed by atoms with Crippen LogP contribution in [-0.4, -0.2) is 44.2 Å². The molecule has 6 nitrogen and oxygen atoms in total.